The maximum atomic E-state index is 13.5. The van der Waals surface area contributed by atoms with Gasteiger partial charge in [-0.2, -0.15) is 0 Å². The Labute approximate surface area is 86.5 Å². The average Bonchev–Trinajstić information content (AvgIpc) is 2.38. The molecule has 0 bridgehead atoms. The first-order valence-corrected chi connectivity index (χ1v) is 4.91. The summed E-state index contributed by atoms with van der Waals surface area (Å²) in [5, 5.41) is 0. The topological polar surface area (TPSA) is 6.48 Å². The number of halogens is 2. The predicted molar refractivity (Wildman–Crippen MR) is 55.9 cm³/mol. The SMILES string of the molecule is CCCN1CCN(CCC)C1F.Cl. The van der Waals surface area contributed by atoms with Gasteiger partial charge in [0.1, 0.15) is 0 Å². The number of rotatable bonds is 4. The van der Waals surface area contributed by atoms with Crippen molar-refractivity contribution in [1.29, 1.82) is 0 Å². The van der Waals surface area contributed by atoms with Crippen LogP contribution >= 0.6 is 12.4 Å². The van der Waals surface area contributed by atoms with Crippen LogP contribution in [0.4, 0.5) is 4.39 Å². The van der Waals surface area contributed by atoms with Crippen LogP contribution in [-0.4, -0.2) is 42.4 Å². The van der Waals surface area contributed by atoms with Crippen LogP contribution in [0.2, 0.25) is 0 Å². The van der Waals surface area contributed by atoms with E-state index >= 15 is 0 Å². The van der Waals surface area contributed by atoms with Crippen LogP contribution in [0.1, 0.15) is 26.7 Å². The van der Waals surface area contributed by atoms with Crippen molar-refractivity contribution in [3.8, 4) is 0 Å². The van der Waals surface area contributed by atoms with Crippen LogP contribution < -0.4 is 0 Å². The van der Waals surface area contributed by atoms with Gasteiger partial charge in [0.15, 0.2) is 0 Å². The maximum Gasteiger partial charge on any atom is 0.210 e. The molecule has 0 unspecified atom stereocenters. The fraction of sp³-hybridized carbons (Fsp3) is 1.00. The molecule has 4 heteroatoms. The highest BCUT2D eigenvalue weighted by atomic mass is 35.5. The van der Waals surface area contributed by atoms with E-state index in [1.165, 1.54) is 0 Å². The van der Waals surface area contributed by atoms with E-state index in [4.69, 9.17) is 0 Å². The zero-order valence-electron chi connectivity index (χ0n) is 8.50. The molecule has 13 heavy (non-hydrogen) atoms. The first-order chi connectivity index (χ1) is 5.79. The van der Waals surface area contributed by atoms with Crippen molar-refractivity contribution in [2.24, 2.45) is 0 Å². The third-order valence-electron chi connectivity index (χ3n) is 2.30. The normalized spacial score (nSPS) is 20.5. The van der Waals surface area contributed by atoms with E-state index in [0.717, 1.165) is 39.0 Å². The van der Waals surface area contributed by atoms with Gasteiger partial charge in [0.05, 0.1) is 0 Å². The molecular weight excluding hydrogens is 191 g/mol. The van der Waals surface area contributed by atoms with Crippen LogP contribution in [0.25, 0.3) is 0 Å². The van der Waals surface area contributed by atoms with E-state index < -0.39 is 6.42 Å². The van der Waals surface area contributed by atoms with Crippen molar-refractivity contribution in [3.05, 3.63) is 0 Å². The molecule has 0 saturated carbocycles. The average molecular weight is 211 g/mol. The Bertz CT molecular complexity index is 121. The van der Waals surface area contributed by atoms with Gasteiger partial charge in [-0.05, 0) is 12.8 Å². The molecule has 1 aliphatic rings. The van der Waals surface area contributed by atoms with E-state index in [1.54, 1.807) is 0 Å². The standard InChI is InChI=1S/C9H19FN2.ClH/c1-3-5-11-7-8-12(6-4-2)9(11)10;/h9H,3-8H2,1-2H3;1H. The summed E-state index contributed by atoms with van der Waals surface area (Å²) >= 11 is 0. The lowest BCUT2D eigenvalue weighted by Gasteiger charge is -2.22. The van der Waals surface area contributed by atoms with Crippen LogP contribution in [0.5, 0.6) is 0 Å². The number of nitrogens with zero attached hydrogens (tertiary/aromatic N) is 2. The molecular formula is C9H20ClFN2. The Balaban J connectivity index is 0.00000144. The molecule has 80 valence electrons. The molecule has 1 rings (SSSR count). The minimum atomic E-state index is -0.815. The fourth-order valence-corrected chi connectivity index (χ4v) is 1.71. The Morgan fingerprint density at radius 1 is 1.08 bits per heavy atom. The third-order valence-corrected chi connectivity index (χ3v) is 2.30. The fourth-order valence-electron chi connectivity index (χ4n) is 1.71. The molecule has 0 amide bonds. The molecule has 1 heterocycles. The highest BCUT2D eigenvalue weighted by molar-refractivity contribution is 5.85. The Hall–Kier alpha value is 0.140. The summed E-state index contributed by atoms with van der Waals surface area (Å²) in [6.07, 6.45) is 1.27. The van der Waals surface area contributed by atoms with Crippen LogP contribution in [0, 0.1) is 0 Å². The van der Waals surface area contributed by atoms with Crippen molar-refractivity contribution in [3.63, 3.8) is 0 Å². The molecule has 0 aliphatic carbocycles. The molecule has 1 fully saturated rings. The number of alkyl halides is 1. The van der Waals surface area contributed by atoms with Crippen LogP contribution in [0.15, 0.2) is 0 Å². The van der Waals surface area contributed by atoms with Gasteiger partial charge in [0, 0.05) is 26.2 Å². The number of hydrogen-bond donors (Lipinski definition) is 0. The van der Waals surface area contributed by atoms with Gasteiger partial charge in [-0.1, -0.05) is 13.8 Å². The van der Waals surface area contributed by atoms with Gasteiger partial charge in [0.25, 0.3) is 0 Å². The Morgan fingerprint density at radius 3 is 1.77 bits per heavy atom. The zero-order valence-corrected chi connectivity index (χ0v) is 9.32. The molecule has 0 spiro atoms. The quantitative estimate of drug-likeness (QED) is 0.656. The minimum Gasteiger partial charge on any atom is -0.260 e. The molecule has 1 aliphatic heterocycles. The maximum absolute atomic E-state index is 13.5. The molecule has 0 aromatic rings. The van der Waals surface area contributed by atoms with Crippen molar-refractivity contribution in [2.75, 3.05) is 26.2 Å². The summed E-state index contributed by atoms with van der Waals surface area (Å²) in [4.78, 5) is 3.82. The first kappa shape index (κ1) is 13.1. The summed E-state index contributed by atoms with van der Waals surface area (Å²) in [5.41, 5.74) is 0. The summed E-state index contributed by atoms with van der Waals surface area (Å²) in [7, 11) is 0. The smallest absolute Gasteiger partial charge is 0.210 e. The van der Waals surface area contributed by atoms with Crippen molar-refractivity contribution in [1.82, 2.24) is 9.80 Å². The van der Waals surface area contributed by atoms with E-state index in [2.05, 4.69) is 13.8 Å². The van der Waals surface area contributed by atoms with Gasteiger partial charge in [-0.15, -0.1) is 12.4 Å². The van der Waals surface area contributed by atoms with E-state index in [-0.39, 0.29) is 12.4 Å². The molecule has 0 atom stereocenters. The minimum absolute atomic E-state index is 0. The second kappa shape index (κ2) is 6.57. The molecule has 0 aromatic carbocycles. The Morgan fingerprint density at radius 2 is 1.46 bits per heavy atom. The van der Waals surface area contributed by atoms with Gasteiger partial charge in [-0.3, -0.25) is 9.80 Å². The summed E-state index contributed by atoms with van der Waals surface area (Å²) in [5.74, 6) is 0. The van der Waals surface area contributed by atoms with Crippen molar-refractivity contribution < 1.29 is 4.39 Å². The summed E-state index contributed by atoms with van der Waals surface area (Å²) < 4.78 is 13.5. The van der Waals surface area contributed by atoms with Gasteiger partial charge >= 0.3 is 0 Å². The van der Waals surface area contributed by atoms with E-state index in [0.29, 0.717) is 0 Å². The second-order valence-electron chi connectivity index (χ2n) is 3.38. The van der Waals surface area contributed by atoms with Gasteiger partial charge in [0.2, 0.25) is 6.42 Å². The largest absolute Gasteiger partial charge is 0.260 e. The first-order valence-electron chi connectivity index (χ1n) is 4.91. The summed E-state index contributed by atoms with van der Waals surface area (Å²) in [6.45, 7) is 7.76. The van der Waals surface area contributed by atoms with Crippen LogP contribution in [0.3, 0.4) is 0 Å². The van der Waals surface area contributed by atoms with E-state index in [9.17, 15) is 4.39 Å². The van der Waals surface area contributed by atoms with Gasteiger partial charge in [-0.25, -0.2) is 4.39 Å². The molecule has 0 N–H and O–H groups in total. The van der Waals surface area contributed by atoms with Crippen molar-refractivity contribution >= 4 is 12.4 Å². The lowest BCUT2D eigenvalue weighted by Crippen LogP contribution is -2.35. The van der Waals surface area contributed by atoms with Crippen molar-refractivity contribution in [2.45, 2.75) is 33.1 Å². The molecule has 2 nitrogen and oxygen atoms in total. The highest BCUT2D eigenvalue weighted by Gasteiger charge is 2.29. The summed E-state index contributed by atoms with van der Waals surface area (Å²) in [6, 6.07) is 0. The zero-order chi connectivity index (χ0) is 8.97. The monoisotopic (exact) mass is 210 g/mol. The molecule has 1 saturated heterocycles. The van der Waals surface area contributed by atoms with Gasteiger partial charge < -0.3 is 0 Å². The molecule has 0 radical (unpaired) electrons. The lowest BCUT2D eigenvalue weighted by molar-refractivity contribution is 0.0175. The Kier molecular flexibility index (Phi) is 6.64. The van der Waals surface area contributed by atoms with Crippen LogP contribution in [-0.2, 0) is 0 Å². The second-order valence-corrected chi connectivity index (χ2v) is 3.38. The lowest BCUT2D eigenvalue weighted by atomic mass is 10.4. The van der Waals surface area contributed by atoms with E-state index in [1.807, 2.05) is 9.80 Å². The molecule has 0 aromatic heterocycles. The highest BCUT2D eigenvalue weighted by Crippen LogP contribution is 2.15. The third kappa shape index (κ3) is 3.41. The predicted octanol–water partition coefficient (Wildman–Crippen LogP) is 2.10. The number of hydrogen-bond acceptors (Lipinski definition) is 2.